The average Bonchev–Trinajstić information content (AvgIpc) is 2.96. The maximum Gasteiger partial charge on any atom is 0.363 e. The van der Waals surface area contributed by atoms with Crippen molar-refractivity contribution in [1.82, 2.24) is 0 Å². The van der Waals surface area contributed by atoms with Crippen molar-refractivity contribution in [2.45, 2.75) is 26.2 Å². The van der Waals surface area contributed by atoms with Gasteiger partial charge in [0.05, 0.1) is 0 Å². The second-order valence-electron chi connectivity index (χ2n) is 5.69. The van der Waals surface area contributed by atoms with E-state index in [2.05, 4.69) is 24.0 Å². The van der Waals surface area contributed by atoms with Crippen molar-refractivity contribution in [2.24, 2.45) is 4.99 Å². The quantitative estimate of drug-likeness (QED) is 0.566. The van der Waals surface area contributed by atoms with Crippen molar-refractivity contribution in [2.75, 3.05) is 0 Å². The van der Waals surface area contributed by atoms with Gasteiger partial charge in [0.1, 0.15) is 0 Å². The molecule has 4 heteroatoms. The van der Waals surface area contributed by atoms with Gasteiger partial charge in [-0.1, -0.05) is 49.2 Å². The largest absolute Gasteiger partial charge is 0.402 e. The van der Waals surface area contributed by atoms with E-state index in [-0.39, 0.29) is 0 Å². The molecule has 0 aromatic heterocycles. The van der Waals surface area contributed by atoms with Crippen molar-refractivity contribution >= 4 is 29.5 Å². The van der Waals surface area contributed by atoms with E-state index in [4.69, 9.17) is 16.3 Å². The molecule has 3 rings (SSSR count). The number of nitrogens with zero attached hydrogens (tertiary/aromatic N) is 1. The lowest BCUT2D eigenvalue weighted by molar-refractivity contribution is -0.129. The lowest BCUT2D eigenvalue weighted by Gasteiger charge is -2.02. The van der Waals surface area contributed by atoms with Crippen LogP contribution in [0.5, 0.6) is 0 Å². The number of esters is 1. The molecule has 0 saturated carbocycles. The van der Waals surface area contributed by atoms with Gasteiger partial charge in [-0.2, -0.15) is 0 Å². The first-order chi connectivity index (χ1) is 11.7. The Morgan fingerprint density at radius 1 is 1.08 bits per heavy atom. The van der Waals surface area contributed by atoms with Gasteiger partial charge in [-0.25, -0.2) is 9.79 Å². The summed E-state index contributed by atoms with van der Waals surface area (Å²) in [4.78, 5) is 16.3. The summed E-state index contributed by atoms with van der Waals surface area (Å²) in [5, 5.41) is 0.651. The number of hydrogen-bond donors (Lipinski definition) is 0. The molecular formula is C20H18ClNO2. The van der Waals surface area contributed by atoms with E-state index in [9.17, 15) is 4.79 Å². The molecule has 0 aliphatic carbocycles. The summed E-state index contributed by atoms with van der Waals surface area (Å²) in [6, 6.07) is 15.2. The summed E-state index contributed by atoms with van der Waals surface area (Å²) in [6.45, 7) is 2.18. The molecule has 0 unspecified atom stereocenters. The summed E-state index contributed by atoms with van der Waals surface area (Å²) in [5.41, 5.74) is 3.24. The number of ether oxygens (including phenoxy) is 1. The Labute approximate surface area is 146 Å². The molecule has 1 heterocycles. The molecule has 0 radical (unpaired) electrons. The Balaban J connectivity index is 1.79. The number of halogens is 1. The van der Waals surface area contributed by atoms with Gasteiger partial charge in [0.15, 0.2) is 5.70 Å². The van der Waals surface area contributed by atoms with Gasteiger partial charge in [-0.3, -0.25) is 0 Å². The minimum atomic E-state index is -0.435. The molecule has 0 fully saturated rings. The lowest BCUT2D eigenvalue weighted by atomic mass is 10.1. The van der Waals surface area contributed by atoms with E-state index in [1.807, 2.05) is 24.3 Å². The highest BCUT2D eigenvalue weighted by atomic mass is 35.5. The van der Waals surface area contributed by atoms with Crippen LogP contribution in [0.1, 0.15) is 36.5 Å². The van der Waals surface area contributed by atoms with Crippen LogP contribution in [0, 0.1) is 0 Å². The van der Waals surface area contributed by atoms with Crippen LogP contribution >= 0.6 is 11.6 Å². The second kappa shape index (κ2) is 7.45. The van der Waals surface area contributed by atoms with Crippen molar-refractivity contribution in [1.29, 1.82) is 0 Å². The van der Waals surface area contributed by atoms with Crippen LogP contribution in [0.3, 0.4) is 0 Å². The van der Waals surface area contributed by atoms with Crippen LogP contribution in [-0.2, 0) is 16.0 Å². The number of unbranched alkanes of at least 4 members (excludes halogenated alkanes) is 1. The number of benzene rings is 2. The smallest absolute Gasteiger partial charge is 0.363 e. The van der Waals surface area contributed by atoms with Crippen molar-refractivity contribution in [3.63, 3.8) is 0 Å². The fourth-order valence-electron chi connectivity index (χ4n) is 2.44. The maximum atomic E-state index is 12.0. The van der Waals surface area contributed by atoms with Crippen molar-refractivity contribution in [3.8, 4) is 0 Å². The predicted octanol–water partition coefficient (Wildman–Crippen LogP) is 5.03. The van der Waals surface area contributed by atoms with Gasteiger partial charge in [-0.05, 0) is 54.3 Å². The van der Waals surface area contributed by atoms with Crippen molar-refractivity contribution < 1.29 is 9.53 Å². The molecule has 1 aliphatic rings. The van der Waals surface area contributed by atoms with Crippen LogP contribution in [0.15, 0.2) is 59.2 Å². The molecule has 0 N–H and O–H groups in total. The van der Waals surface area contributed by atoms with Crippen LogP contribution in [0.25, 0.3) is 6.08 Å². The average molecular weight is 340 g/mol. The molecule has 1 aliphatic heterocycles. The third-order valence-electron chi connectivity index (χ3n) is 3.81. The van der Waals surface area contributed by atoms with Gasteiger partial charge in [0.25, 0.3) is 0 Å². The van der Waals surface area contributed by atoms with Gasteiger partial charge in [0.2, 0.25) is 5.90 Å². The van der Waals surface area contributed by atoms with E-state index in [1.165, 1.54) is 18.4 Å². The minimum Gasteiger partial charge on any atom is -0.402 e. The molecule has 0 spiro atoms. The van der Waals surface area contributed by atoms with Crippen LogP contribution in [0.2, 0.25) is 5.02 Å². The lowest BCUT2D eigenvalue weighted by Crippen LogP contribution is -2.05. The highest BCUT2D eigenvalue weighted by molar-refractivity contribution is 6.30. The van der Waals surface area contributed by atoms with Crippen molar-refractivity contribution in [3.05, 3.63) is 75.9 Å². The van der Waals surface area contributed by atoms with Crippen LogP contribution in [-0.4, -0.2) is 11.9 Å². The third-order valence-corrected chi connectivity index (χ3v) is 4.07. The molecule has 3 nitrogen and oxygen atoms in total. The topological polar surface area (TPSA) is 38.7 Å². The number of rotatable bonds is 5. The Kier molecular flexibility index (Phi) is 5.11. The highest BCUT2D eigenvalue weighted by Gasteiger charge is 2.24. The molecular weight excluding hydrogens is 322 g/mol. The molecule has 0 saturated heterocycles. The van der Waals surface area contributed by atoms with E-state index < -0.39 is 5.97 Å². The third kappa shape index (κ3) is 3.92. The molecule has 122 valence electrons. The first kappa shape index (κ1) is 16.5. The Morgan fingerprint density at radius 3 is 2.46 bits per heavy atom. The minimum absolute atomic E-state index is 0.294. The molecule has 0 bridgehead atoms. The van der Waals surface area contributed by atoms with Gasteiger partial charge < -0.3 is 4.74 Å². The first-order valence-electron chi connectivity index (χ1n) is 8.03. The zero-order valence-corrected chi connectivity index (χ0v) is 14.2. The standard InChI is InChI=1S/C20H18ClNO2/c1-2-3-4-14-5-9-16(10-6-14)19-22-18(20(23)24-19)13-15-7-11-17(21)12-8-15/h5-13H,2-4H2,1H3. The Bertz CT molecular complexity index is 789. The fourth-order valence-corrected chi connectivity index (χ4v) is 2.57. The fraction of sp³-hybridized carbons (Fsp3) is 0.200. The molecule has 24 heavy (non-hydrogen) atoms. The highest BCUT2D eigenvalue weighted by Crippen LogP contribution is 2.20. The van der Waals surface area contributed by atoms with E-state index in [0.29, 0.717) is 16.6 Å². The normalized spacial score (nSPS) is 15.5. The number of carbonyl (C=O) groups excluding carboxylic acids is 1. The summed E-state index contributed by atoms with van der Waals surface area (Å²) in [6.07, 6.45) is 5.10. The van der Waals surface area contributed by atoms with Crippen LogP contribution in [0.4, 0.5) is 0 Å². The van der Waals surface area contributed by atoms with Gasteiger partial charge >= 0.3 is 5.97 Å². The zero-order chi connectivity index (χ0) is 16.9. The molecule has 2 aromatic rings. The van der Waals surface area contributed by atoms with E-state index >= 15 is 0 Å². The molecule has 2 aromatic carbocycles. The Hall–Kier alpha value is -2.39. The monoisotopic (exact) mass is 339 g/mol. The number of cyclic esters (lactones) is 1. The summed E-state index contributed by atoms with van der Waals surface area (Å²) in [5.74, 6) is -0.0859. The summed E-state index contributed by atoms with van der Waals surface area (Å²) < 4.78 is 5.29. The molecule has 0 amide bonds. The van der Waals surface area contributed by atoms with E-state index in [1.54, 1.807) is 18.2 Å². The maximum absolute atomic E-state index is 12.0. The van der Waals surface area contributed by atoms with Gasteiger partial charge in [0, 0.05) is 10.6 Å². The second-order valence-corrected chi connectivity index (χ2v) is 6.12. The van der Waals surface area contributed by atoms with E-state index in [0.717, 1.165) is 17.5 Å². The number of hydrogen-bond acceptors (Lipinski definition) is 3. The predicted molar refractivity (Wildman–Crippen MR) is 97.1 cm³/mol. The first-order valence-corrected chi connectivity index (χ1v) is 8.41. The number of carbonyl (C=O) groups is 1. The molecule has 0 atom stereocenters. The van der Waals surface area contributed by atoms with Gasteiger partial charge in [-0.15, -0.1) is 0 Å². The van der Waals surface area contributed by atoms with Crippen LogP contribution < -0.4 is 0 Å². The SMILES string of the molecule is CCCCc1ccc(C2=NC(=Cc3ccc(Cl)cc3)C(=O)O2)cc1. The number of aryl methyl sites for hydroxylation is 1. The summed E-state index contributed by atoms with van der Waals surface area (Å²) >= 11 is 5.86. The number of aliphatic imine (C=N–C) groups is 1. The Morgan fingerprint density at radius 2 is 1.79 bits per heavy atom. The zero-order valence-electron chi connectivity index (χ0n) is 13.5. The summed E-state index contributed by atoms with van der Waals surface area (Å²) in [7, 11) is 0.